The monoisotopic (exact) mass is 339 g/mol. The van der Waals surface area contributed by atoms with Gasteiger partial charge in [0.05, 0.1) is 28.6 Å². The number of rotatable bonds is 3. The second-order valence-electron chi connectivity index (χ2n) is 5.72. The lowest BCUT2D eigenvalue weighted by atomic mass is 10.1. The maximum Gasteiger partial charge on any atom is 0.225 e. The highest BCUT2D eigenvalue weighted by Crippen LogP contribution is 2.33. The van der Waals surface area contributed by atoms with E-state index >= 15 is 0 Å². The van der Waals surface area contributed by atoms with E-state index in [4.69, 9.17) is 4.98 Å². The third kappa shape index (κ3) is 3.00. The fourth-order valence-corrected chi connectivity index (χ4v) is 3.55. The summed E-state index contributed by atoms with van der Waals surface area (Å²) >= 11 is 1.64. The topological polar surface area (TPSA) is 75.0 Å². The smallest absolute Gasteiger partial charge is 0.225 e. The van der Waals surface area contributed by atoms with Crippen molar-refractivity contribution in [3.63, 3.8) is 0 Å². The minimum absolute atomic E-state index is 0.211. The van der Waals surface area contributed by atoms with Crippen LogP contribution >= 0.6 is 11.3 Å². The van der Waals surface area contributed by atoms with Crippen LogP contribution in [0.3, 0.4) is 0 Å². The first-order chi connectivity index (χ1) is 11.8. The zero-order valence-electron chi connectivity index (χ0n) is 13.0. The summed E-state index contributed by atoms with van der Waals surface area (Å²) in [6.45, 7) is 1.55. The van der Waals surface area contributed by atoms with Gasteiger partial charge in [0.2, 0.25) is 5.95 Å². The summed E-state index contributed by atoms with van der Waals surface area (Å²) in [6.07, 6.45) is 8.18. The van der Waals surface area contributed by atoms with Crippen molar-refractivity contribution in [2.75, 3.05) is 18.0 Å². The van der Waals surface area contributed by atoms with Gasteiger partial charge in [-0.1, -0.05) is 6.07 Å². The molecule has 1 N–H and O–H groups in total. The highest BCUT2D eigenvalue weighted by molar-refractivity contribution is 7.13. The molecule has 0 unspecified atom stereocenters. The van der Waals surface area contributed by atoms with E-state index in [-0.39, 0.29) is 6.10 Å². The van der Waals surface area contributed by atoms with Crippen molar-refractivity contribution in [2.24, 2.45) is 0 Å². The van der Waals surface area contributed by atoms with Gasteiger partial charge in [-0.05, 0) is 24.3 Å². The summed E-state index contributed by atoms with van der Waals surface area (Å²) in [5.74, 6) is 0.706. The zero-order chi connectivity index (χ0) is 16.4. The molecule has 3 aromatic heterocycles. The average Bonchev–Trinajstić information content (AvgIpc) is 3.17. The molecule has 24 heavy (non-hydrogen) atoms. The first-order valence-corrected chi connectivity index (χ1v) is 8.79. The van der Waals surface area contributed by atoms with Gasteiger partial charge in [-0.25, -0.2) is 9.97 Å². The normalized spacial score (nSPS) is 15.6. The summed E-state index contributed by atoms with van der Waals surface area (Å²) in [5, 5.41) is 11.7. The Labute approximate surface area is 143 Å². The summed E-state index contributed by atoms with van der Waals surface area (Å²) in [5.41, 5.74) is 2.52. The number of nitrogens with zero attached hydrogens (tertiary/aromatic N) is 5. The third-order valence-corrected chi connectivity index (χ3v) is 4.99. The van der Waals surface area contributed by atoms with Gasteiger partial charge in [0, 0.05) is 37.2 Å². The number of hydrogen-bond acceptors (Lipinski definition) is 7. The molecule has 6 nitrogen and oxygen atoms in total. The van der Waals surface area contributed by atoms with Crippen molar-refractivity contribution < 1.29 is 5.11 Å². The van der Waals surface area contributed by atoms with E-state index in [1.807, 2.05) is 17.6 Å². The van der Waals surface area contributed by atoms with Gasteiger partial charge in [0.15, 0.2) is 0 Å². The molecular formula is C17H17N5OS. The van der Waals surface area contributed by atoms with Gasteiger partial charge < -0.3 is 10.0 Å². The molecule has 0 radical (unpaired) electrons. The molecule has 0 aromatic carbocycles. The lowest BCUT2D eigenvalue weighted by Gasteiger charge is -2.29. The zero-order valence-corrected chi connectivity index (χ0v) is 13.9. The summed E-state index contributed by atoms with van der Waals surface area (Å²) in [6, 6.07) is 4.07. The Balaban J connectivity index is 1.76. The summed E-state index contributed by atoms with van der Waals surface area (Å²) in [4.78, 5) is 21.1. The lowest BCUT2D eigenvalue weighted by Crippen LogP contribution is -2.36. The Kier molecular flexibility index (Phi) is 4.18. The van der Waals surface area contributed by atoms with Crippen LogP contribution in [0.4, 0.5) is 5.95 Å². The van der Waals surface area contributed by atoms with Crippen LogP contribution in [0.5, 0.6) is 0 Å². The van der Waals surface area contributed by atoms with Crippen LogP contribution in [-0.2, 0) is 0 Å². The Morgan fingerprint density at radius 1 is 1.12 bits per heavy atom. The van der Waals surface area contributed by atoms with E-state index in [0.29, 0.717) is 5.95 Å². The molecule has 1 fully saturated rings. The predicted octanol–water partition coefficient (Wildman–Crippen LogP) is 2.62. The second kappa shape index (κ2) is 6.62. The van der Waals surface area contributed by atoms with Crippen LogP contribution in [0.1, 0.15) is 12.8 Å². The fraction of sp³-hybridized carbons (Fsp3) is 0.294. The van der Waals surface area contributed by atoms with Gasteiger partial charge in [-0.2, -0.15) is 0 Å². The van der Waals surface area contributed by atoms with Gasteiger partial charge in [0.1, 0.15) is 0 Å². The van der Waals surface area contributed by atoms with E-state index in [1.165, 1.54) is 0 Å². The van der Waals surface area contributed by atoms with Crippen LogP contribution < -0.4 is 4.90 Å². The van der Waals surface area contributed by atoms with E-state index in [2.05, 4.69) is 25.9 Å². The van der Waals surface area contributed by atoms with Crippen molar-refractivity contribution in [3.8, 4) is 21.8 Å². The Morgan fingerprint density at radius 3 is 2.71 bits per heavy atom. The van der Waals surface area contributed by atoms with Crippen LogP contribution in [0.15, 0.2) is 42.3 Å². The van der Waals surface area contributed by atoms with Crippen LogP contribution in [0.25, 0.3) is 21.8 Å². The molecule has 1 aliphatic rings. The number of anilines is 1. The summed E-state index contributed by atoms with van der Waals surface area (Å²) < 4.78 is 0. The summed E-state index contributed by atoms with van der Waals surface area (Å²) in [7, 11) is 0. The maximum atomic E-state index is 9.69. The first kappa shape index (κ1) is 15.2. The van der Waals surface area contributed by atoms with Gasteiger partial charge in [0.25, 0.3) is 0 Å². The Bertz CT molecular complexity index is 801. The van der Waals surface area contributed by atoms with Crippen LogP contribution in [-0.4, -0.2) is 44.2 Å². The molecule has 0 spiro atoms. The fourth-order valence-electron chi connectivity index (χ4n) is 2.82. The molecule has 1 saturated heterocycles. The molecule has 0 aliphatic carbocycles. The number of thiophene rings is 1. The quantitative estimate of drug-likeness (QED) is 0.791. The van der Waals surface area contributed by atoms with Crippen molar-refractivity contribution in [1.29, 1.82) is 0 Å². The molecule has 0 saturated carbocycles. The SMILES string of the molecule is OC1CCN(c2ncc(-c3cnccn3)c(-c3cccs3)n2)CC1. The van der Waals surface area contributed by atoms with Gasteiger partial charge in [-0.3, -0.25) is 9.97 Å². The average molecular weight is 339 g/mol. The molecular weight excluding hydrogens is 322 g/mol. The predicted molar refractivity (Wildman–Crippen MR) is 93.8 cm³/mol. The van der Waals surface area contributed by atoms with Crippen LogP contribution in [0, 0.1) is 0 Å². The molecule has 4 rings (SSSR count). The Hall–Kier alpha value is -2.38. The molecule has 0 bridgehead atoms. The third-order valence-electron chi connectivity index (χ3n) is 4.12. The molecule has 0 atom stereocenters. The van der Waals surface area contributed by atoms with Crippen molar-refractivity contribution in [1.82, 2.24) is 19.9 Å². The lowest BCUT2D eigenvalue weighted by molar-refractivity contribution is 0.145. The number of aliphatic hydroxyl groups excluding tert-OH is 1. The number of aliphatic hydroxyl groups is 1. The van der Waals surface area contributed by atoms with E-state index in [9.17, 15) is 5.11 Å². The largest absolute Gasteiger partial charge is 0.393 e. The van der Waals surface area contributed by atoms with Gasteiger partial charge >= 0.3 is 0 Å². The molecule has 7 heteroatoms. The van der Waals surface area contributed by atoms with E-state index < -0.39 is 0 Å². The number of piperidine rings is 1. The van der Waals surface area contributed by atoms with Crippen molar-refractivity contribution in [3.05, 3.63) is 42.3 Å². The molecule has 0 amide bonds. The highest BCUT2D eigenvalue weighted by atomic mass is 32.1. The molecule has 4 heterocycles. The number of aromatic nitrogens is 4. The second-order valence-corrected chi connectivity index (χ2v) is 6.67. The first-order valence-electron chi connectivity index (χ1n) is 7.91. The molecule has 1 aliphatic heterocycles. The number of hydrogen-bond donors (Lipinski definition) is 1. The maximum absolute atomic E-state index is 9.69. The van der Waals surface area contributed by atoms with E-state index in [1.54, 1.807) is 29.9 Å². The minimum Gasteiger partial charge on any atom is -0.393 e. The van der Waals surface area contributed by atoms with Crippen molar-refractivity contribution in [2.45, 2.75) is 18.9 Å². The Morgan fingerprint density at radius 2 is 2.00 bits per heavy atom. The molecule has 122 valence electrons. The highest BCUT2D eigenvalue weighted by Gasteiger charge is 2.21. The van der Waals surface area contributed by atoms with E-state index in [0.717, 1.165) is 47.8 Å². The minimum atomic E-state index is -0.211. The van der Waals surface area contributed by atoms with Crippen molar-refractivity contribution >= 4 is 17.3 Å². The molecule has 3 aromatic rings. The van der Waals surface area contributed by atoms with Gasteiger partial charge in [-0.15, -0.1) is 11.3 Å². The standard InChI is InChI=1S/C17H17N5OS/c23-12-3-7-22(8-4-12)17-20-10-13(14-11-18-5-6-19-14)16(21-17)15-2-1-9-24-15/h1-2,5-6,9-12,23H,3-4,7-8H2. The van der Waals surface area contributed by atoms with Crippen LogP contribution in [0.2, 0.25) is 0 Å².